The highest BCUT2D eigenvalue weighted by Gasteiger charge is 2.21. The Morgan fingerprint density at radius 3 is 2.15 bits per heavy atom. The lowest BCUT2D eigenvalue weighted by Gasteiger charge is -2.10. The predicted octanol–water partition coefficient (Wildman–Crippen LogP) is 4.52. The third-order valence-corrected chi connectivity index (χ3v) is 2.87. The maximum Gasteiger partial charge on any atom is 0.203 e. The second kappa shape index (κ2) is 5.85. The van der Waals surface area contributed by atoms with E-state index in [-0.39, 0.29) is 21.9 Å². The SMILES string of the molecule is Fc1cc(F)c(F)c(OCc2ccc(Cl)nc2Cl)c1F. The molecule has 0 amide bonds. The van der Waals surface area contributed by atoms with Gasteiger partial charge in [0.05, 0.1) is 0 Å². The predicted molar refractivity (Wildman–Crippen MR) is 64.9 cm³/mol. The highest BCUT2D eigenvalue weighted by molar-refractivity contribution is 6.32. The number of nitrogens with zero attached hydrogens (tertiary/aromatic N) is 1. The third-order valence-electron chi connectivity index (χ3n) is 2.34. The van der Waals surface area contributed by atoms with Crippen molar-refractivity contribution in [1.82, 2.24) is 4.98 Å². The summed E-state index contributed by atoms with van der Waals surface area (Å²) in [6.07, 6.45) is 0. The van der Waals surface area contributed by atoms with Crippen molar-refractivity contribution in [1.29, 1.82) is 0 Å². The van der Waals surface area contributed by atoms with Crippen LogP contribution in [0.2, 0.25) is 10.3 Å². The molecule has 1 aromatic carbocycles. The molecular weight excluding hydrogens is 321 g/mol. The summed E-state index contributed by atoms with van der Waals surface area (Å²) in [4.78, 5) is 3.68. The van der Waals surface area contributed by atoms with Crippen LogP contribution < -0.4 is 4.74 Å². The Morgan fingerprint density at radius 2 is 1.60 bits per heavy atom. The van der Waals surface area contributed by atoms with E-state index in [1.54, 1.807) is 0 Å². The quantitative estimate of drug-likeness (QED) is 0.470. The number of aromatic nitrogens is 1. The van der Waals surface area contributed by atoms with Crippen molar-refractivity contribution < 1.29 is 22.3 Å². The summed E-state index contributed by atoms with van der Waals surface area (Å²) in [6.45, 7) is -0.431. The van der Waals surface area contributed by atoms with E-state index in [1.807, 2.05) is 0 Å². The molecular formula is C12H5Cl2F4NO. The number of halogens is 6. The zero-order valence-corrected chi connectivity index (χ0v) is 11.1. The van der Waals surface area contributed by atoms with Gasteiger partial charge in [-0.1, -0.05) is 23.2 Å². The highest BCUT2D eigenvalue weighted by Crippen LogP contribution is 2.28. The average Bonchev–Trinajstić information content (AvgIpc) is 2.38. The lowest BCUT2D eigenvalue weighted by molar-refractivity contribution is 0.261. The second-order valence-electron chi connectivity index (χ2n) is 3.67. The van der Waals surface area contributed by atoms with Gasteiger partial charge in [-0.15, -0.1) is 0 Å². The van der Waals surface area contributed by atoms with Crippen LogP contribution in [0.25, 0.3) is 0 Å². The van der Waals surface area contributed by atoms with Crippen LogP contribution in [-0.2, 0) is 6.61 Å². The van der Waals surface area contributed by atoms with Crippen molar-refractivity contribution in [2.24, 2.45) is 0 Å². The fourth-order valence-electron chi connectivity index (χ4n) is 1.38. The van der Waals surface area contributed by atoms with Gasteiger partial charge >= 0.3 is 0 Å². The van der Waals surface area contributed by atoms with Gasteiger partial charge in [0.15, 0.2) is 17.4 Å². The van der Waals surface area contributed by atoms with Crippen molar-refractivity contribution in [2.45, 2.75) is 6.61 Å². The first-order chi connectivity index (χ1) is 9.40. The standard InChI is InChI=1S/C12H5Cl2F4NO/c13-8-2-1-5(12(14)19-8)4-20-11-9(17)6(15)3-7(16)10(11)18/h1-3H,4H2. The van der Waals surface area contributed by atoms with Gasteiger partial charge in [0.2, 0.25) is 11.6 Å². The van der Waals surface area contributed by atoms with E-state index in [2.05, 4.69) is 4.98 Å². The van der Waals surface area contributed by atoms with Crippen LogP contribution in [0.1, 0.15) is 5.56 Å². The normalized spacial score (nSPS) is 10.7. The molecule has 0 N–H and O–H groups in total. The number of rotatable bonds is 3. The molecule has 0 aliphatic carbocycles. The van der Waals surface area contributed by atoms with Gasteiger partial charge in [-0.25, -0.2) is 13.8 Å². The van der Waals surface area contributed by atoms with Crippen molar-refractivity contribution in [3.63, 3.8) is 0 Å². The van der Waals surface area contributed by atoms with Crippen LogP contribution in [0, 0.1) is 23.3 Å². The summed E-state index contributed by atoms with van der Waals surface area (Å²) in [6, 6.07) is 2.88. The van der Waals surface area contributed by atoms with Crippen molar-refractivity contribution in [3.8, 4) is 5.75 Å². The number of hydrogen-bond donors (Lipinski definition) is 0. The second-order valence-corrected chi connectivity index (χ2v) is 4.42. The Morgan fingerprint density at radius 1 is 1.00 bits per heavy atom. The molecule has 8 heteroatoms. The molecule has 2 aromatic rings. The molecule has 0 radical (unpaired) electrons. The molecule has 20 heavy (non-hydrogen) atoms. The highest BCUT2D eigenvalue weighted by atomic mass is 35.5. The molecule has 0 aliphatic rings. The minimum absolute atomic E-state index is 0.0461. The zero-order valence-electron chi connectivity index (χ0n) is 9.56. The molecule has 1 aromatic heterocycles. The number of hydrogen-bond acceptors (Lipinski definition) is 2. The van der Waals surface area contributed by atoms with Gasteiger partial charge in [0, 0.05) is 11.6 Å². The van der Waals surface area contributed by atoms with E-state index in [0.717, 1.165) is 0 Å². The molecule has 0 fully saturated rings. The first kappa shape index (κ1) is 14.9. The summed E-state index contributed by atoms with van der Waals surface area (Å²) in [5.74, 6) is -7.52. The van der Waals surface area contributed by atoms with Crippen LogP contribution in [0.15, 0.2) is 18.2 Å². The maximum atomic E-state index is 13.3. The zero-order chi connectivity index (χ0) is 14.9. The van der Waals surface area contributed by atoms with E-state index in [1.165, 1.54) is 12.1 Å². The molecule has 0 saturated heterocycles. The van der Waals surface area contributed by atoms with Gasteiger partial charge in [-0.3, -0.25) is 0 Å². The Kier molecular flexibility index (Phi) is 4.35. The Hall–Kier alpha value is -1.53. The Labute approximate surface area is 120 Å². The van der Waals surface area contributed by atoms with Gasteiger partial charge in [-0.2, -0.15) is 8.78 Å². The maximum absolute atomic E-state index is 13.3. The van der Waals surface area contributed by atoms with E-state index < -0.39 is 35.6 Å². The van der Waals surface area contributed by atoms with Crippen LogP contribution >= 0.6 is 23.2 Å². The lowest BCUT2D eigenvalue weighted by atomic mass is 10.2. The summed E-state index contributed by atoms with van der Waals surface area (Å²) >= 11 is 11.3. The van der Waals surface area contributed by atoms with Crippen LogP contribution in [0.3, 0.4) is 0 Å². The van der Waals surface area contributed by atoms with Gasteiger partial charge in [-0.05, 0) is 12.1 Å². The van der Waals surface area contributed by atoms with E-state index >= 15 is 0 Å². The Balaban J connectivity index is 2.27. The van der Waals surface area contributed by atoms with Crippen LogP contribution in [-0.4, -0.2) is 4.98 Å². The van der Waals surface area contributed by atoms with Crippen LogP contribution in [0.5, 0.6) is 5.75 Å². The number of pyridine rings is 1. The molecule has 106 valence electrons. The molecule has 0 bridgehead atoms. The molecule has 0 unspecified atom stereocenters. The largest absolute Gasteiger partial charge is 0.483 e. The molecule has 2 rings (SSSR count). The summed E-state index contributed by atoms with van der Waals surface area (Å²) < 4.78 is 57.3. The van der Waals surface area contributed by atoms with E-state index in [0.29, 0.717) is 0 Å². The van der Waals surface area contributed by atoms with Gasteiger partial charge in [0.1, 0.15) is 16.9 Å². The molecule has 0 spiro atoms. The summed E-state index contributed by atoms with van der Waals surface area (Å²) in [5.41, 5.74) is 0.250. The summed E-state index contributed by atoms with van der Waals surface area (Å²) in [5, 5.41) is 0.0723. The molecule has 0 saturated carbocycles. The number of benzene rings is 1. The minimum Gasteiger partial charge on any atom is -0.483 e. The average molecular weight is 326 g/mol. The third kappa shape index (κ3) is 2.96. The summed E-state index contributed by atoms with van der Waals surface area (Å²) in [7, 11) is 0. The van der Waals surface area contributed by atoms with Crippen LogP contribution in [0.4, 0.5) is 17.6 Å². The fraction of sp³-hybridized carbons (Fsp3) is 0.0833. The minimum atomic E-state index is -1.62. The smallest absolute Gasteiger partial charge is 0.203 e. The van der Waals surface area contributed by atoms with Gasteiger partial charge in [0.25, 0.3) is 0 Å². The topological polar surface area (TPSA) is 22.1 Å². The van der Waals surface area contributed by atoms with Crippen molar-refractivity contribution in [2.75, 3.05) is 0 Å². The molecule has 0 aliphatic heterocycles. The lowest BCUT2D eigenvalue weighted by Crippen LogP contribution is -2.04. The molecule has 1 heterocycles. The Bertz CT molecular complexity index is 640. The van der Waals surface area contributed by atoms with Crippen molar-refractivity contribution >= 4 is 23.2 Å². The van der Waals surface area contributed by atoms with Crippen molar-refractivity contribution in [3.05, 3.63) is 57.3 Å². The monoisotopic (exact) mass is 325 g/mol. The fourth-order valence-corrected chi connectivity index (χ4v) is 1.78. The molecule has 2 nitrogen and oxygen atoms in total. The van der Waals surface area contributed by atoms with Gasteiger partial charge < -0.3 is 4.74 Å². The van der Waals surface area contributed by atoms with E-state index in [4.69, 9.17) is 27.9 Å². The first-order valence-corrected chi connectivity index (χ1v) is 5.92. The van der Waals surface area contributed by atoms with E-state index in [9.17, 15) is 17.6 Å². The first-order valence-electron chi connectivity index (χ1n) is 5.17. The molecule has 0 atom stereocenters. The number of ether oxygens (including phenoxy) is 1.